The molecule has 2 aromatic carbocycles. The summed E-state index contributed by atoms with van der Waals surface area (Å²) in [6, 6.07) is 9.71. The third kappa shape index (κ3) is 2.96. The van der Waals surface area contributed by atoms with Crippen molar-refractivity contribution in [3.05, 3.63) is 61.9 Å². The van der Waals surface area contributed by atoms with Crippen molar-refractivity contribution in [2.75, 3.05) is 13.7 Å². The van der Waals surface area contributed by atoms with E-state index in [9.17, 15) is 4.79 Å². The van der Waals surface area contributed by atoms with E-state index in [1.807, 2.05) is 50.3 Å². The standard InChI is InChI=1S/C21H20N2O3S/c1-5-26-17-7-6-14(10-18(17)25-4)11-19-20(24)23-16-9-13(3)12(2)8-15(16)22-21(23)27-19/h6-11H,5H2,1-4H3. The number of nitrogens with zero attached hydrogens (tertiary/aromatic N) is 2. The number of rotatable bonds is 4. The van der Waals surface area contributed by atoms with Crippen LogP contribution >= 0.6 is 11.3 Å². The molecule has 4 rings (SSSR count). The molecule has 2 aromatic heterocycles. The predicted molar refractivity (Wildman–Crippen MR) is 109 cm³/mol. The minimum atomic E-state index is -0.0476. The molecule has 5 nitrogen and oxygen atoms in total. The Hall–Kier alpha value is -2.86. The normalized spacial score (nSPS) is 12.2. The molecular formula is C21H20N2O3S. The summed E-state index contributed by atoms with van der Waals surface area (Å²) in [5, 5.41) is 0. The smallest absolute Gasteiger partial charge is 0.274 e. The lowest BCUT2D eigenvalue weighted by molar-refractivity contribution is 0.311. The second kappa shape index (κ2) is 6.70. The fourth-order valence-corrected chi connectivity index (χ4v) is 4.11. The summed E-state index contributed by atoms with van der Waals surface area (Å²) < 4.78 is 13.3. The number of methoxy groups -OCH3 is 1. The summed E-state index contributed by atoms with van der Waals surface area (Å²) in [7, 11) is 1.61. The van der Waals surface area contributed by atoms with Gasteiger partial charge in [-0.25, -0.2) is 9.38 Å². The van der Waals surface area contributed by atoms with Crippen LogP contribution in [0.4, 0.5) is 0 Å². The highest BCUT2D eigenvalue weighted by molar-refractivity contribution is 7.15. The highest BCUT2D eigenvalue weighted by atomic mass is 32.1. The molecular weight excluding hydrogens is 360 g/mol. The van der Waals surface area contributed by atoms with Gasteiger partial charge < -0.3 is 9.47 Å². The fourth-order valence-electron chi connectivity index (χ4n) is 3.12. The van der Waals surface area contributed by atoms with Gasteiger partial charge in [-0.3, -0.25) is 4.79 Å². The molecule has 0 saturated heterocycles. The highest BCUT2D eigenvalue weighted by Gasteiger charge is 2.12. The molecule has 0 fully saturated rings. The van der Waals surface area contributed by atoms with E-state index < -0.39 is 0 Å². The lowest BCUT2D eigenvalue weighted by atomic mass is 10.1. The molecule has 27 heavy (non-hydrogen) atoms. The first-order chi connectivity index (χ1) is 13.0. The van der Waals surface area contributed by atoms with E-state index >= 15 is 0 Å². The number of thiazole rings is 1. The van der Waals surface area contributed by atoms with Crippen molar-refractivity contribution >= 4 is 33.4 Å². The van der Waals surface area contributed by atoms with E-state index in [1.54, 1.807) is 11.5 Å². The molecule has 0 radical (unpaired) electrons. The van der Waals surface area contributed by atoms with E-state index in [2.05, 4.69) is 11.9 Å². The first-order valence-electron chi connectivity index (χ1n) is 8.76. The summed E-state index contributed by atoms with van der Waals surface area (Å²) >= 11 is 1.40. The minimum Gasteiger partial charge on any atom is -0.493 e. The van der Waals surface area contributed by atoms with E-state index in [0.717, 1.165) is 22.2 Å². The van der Waals surface area contributed by atoms with Gasteiger partial charge >= 0.3 is 0 Å². The van der Waals surface area contributed by atoms with Gasteiger partial charge in [0.2, 0.25) is 0 Å². The van der Waals surface area contributed by atoms with Crippen molar-refractivity contribution in [1.29, 1.82) is 0 Å². The van der Waals surface area contributed by atoms with E-state index in [1.165, 1.54) is 16.9 Å². The Balaban J connectivity index is 1.88. The number of aryl methyl sites for hydroxylation is 2. The van der Waals surface area contributed by atoms with Crippen molar-refractivity contribution in [2.45, 2.75) is 20.8 Å². The fraction of sp³-hybridized carbons (Fsp3) is 0.238. The van der Waals surface area contributed by atoms with Crippen LogP contribution in [0.1, 0.15) is 23.6 Å². The van der Waals surface area contributed by atoms with Crippen LogP contribution in [0.3, 0.4) is 0 Å². The number of imidazole rings is 1. The van der Waals surface area contributed by atoms with Crippen LogP contribution in [0, 0.1) is 13.8 Å². The molecule has 0 bridgehead atoms. The van der Waals surface area contributed by atoms with Gasteiger partial charge in [0.25, 0.3) is 5.56 Å². The molecule has 0 aliphatic heterocycles. The summed E-state index contributed by atoms with van der Waals surface area (Å²) in [5.74, 6) is 1.34. The second-order valence-electron chi connectivity index (χ2n) is 6.41. The monoisotopic (exact) mass is 380 g/mol. The van der Waals surface area contributed by atoms with Crippen LogP contribution in [0.15, 0.2) is 35.1 Å². The third-order valence-corrected chi connectivity index (χ3v) is 5.61. The zero-order chi connectivity index (χ0) is 19.1. The maximum Gasteiger partial charge on any atom is 0.274 e. The van der Waals surface area contributed by atoms with Gasteiger partial charge in [-0.15, -0.1) is 0 Å². The Morgan fingerprint density at radius 2 is 1.93 bits per heavy atom. The van der Waals surface area contributed by atoms with Crippen molar-refractivity contribution in [2.24, 2.45) is 0 Å². The number of hydrogen-bond acceptors (Lipinski definition) is 5. The molecule has 6 heteroatoms. The van der Waals surface area contributed by atoms with E-state index in [4.69, 9.17) is 9.47 Å². The van der Waals surface area contributed by atoms with Crippen molar-refractivity contribution < 1.29 is 9.47 Å². The molecule has 0 saturated carbocycles. The average molecular weight is 380 g/mol. The summed E-state index contributed by atoms with van der Waals surface area (Å²) in [6.45, 7) is 6.60. The number of hydrogen-bond donors (Lipinski definition) is 0. The van der Waals surface area contributed by atoms with Gasteiger partial charge in [-0.2, -0.15) is 0 Å². The molecule has 0 spiro atoms. The third-order valence-electron chi connectivity index (χ3n) is 4.64. The molecule has 0 aliphatic rings. The van der Waals surface area contributed by atoms with Gasteiger partial charge in [-0.05, 0) is 67.8 Å². The zero-order valence-corrected chi connectivity index (χ0v) is 16.5. The van der Waals surface area contributed by atoms with Crippen molar-refractivity contribution in [3.63, 3.8) is 0 Å². The predicted octanol–water partition coefficient (Wildman–Crippen LogP) is 3.48. The molecule has 0 N–H and O–H groups in total. The molecule has 138 valence electrons. The van der Waals surface area contributed by atoms with Crippen molar-refractivity contribution in [1.82, 2.24) is 9.38 Å². The lowest BCUT2D eigenvalue weighted by Gasteiger charge is -2.09. The topological polar surface area (TPSA) is 52.8 Å². The zero-order valence-electron chi connectivity index (χ0n) is 15.7. The van der Waals surface area contributed by atoms with E-state index in [-0.39, 0.29) is 5.56 Å². The Labute approximate surface area is 160 Å². The molecule has 2 heterocycles. The van der Waals surface area contributed by atoms with Gasteiger partial charge in [0.15, 0.2) is 16.5 Å². The first-order valence-corrected chi connectivity index (χ1v) is 9.58. The number of aromatic nitrogens is 2. The molecule has 0 unspecified atom stereocenters. The van der Waals surface area contributed by atoms with Crippen LogP contribution in [0.25, 0.3) is 22.1 Å². The number of fused-ring (bicyclic) bond motifs is 3. The molecule has 0 atom stereocenters. The number of ether oxygens (including phenoxy) is 2. The maximum absolute atomic E-state index is 13.0. The molecule has 4 aromatic rings. The van der Waals surface area contributed by atoms with Crippen LogP contribution in [0.5, 0.6) is 11.5 Å². The van der Waals surface area contributed by atoms with E-state index in [0.29, 0.717) is 27.6 Å². The lowest BCUT2D eigenvalue weighted by Crippen LogP contribution is -2.22. The van der Waals surface area contributed by atoms with Crippen molar-refractivity contribution in [3.8, 4) is 11.5 Å². The Bertz CT molecular complexity index is 1270. The molecule has 0 aliphatic carbocycles. The van der Waals surface area contributed by atoms with Gasteiger partial charge in [0, 0.05) is 0 Å². The Kier molecular flexibility index (Phi) is 4.36. The Morgan fingerprint density at radius 1 is 1.15 bits per heavy atom. The minimum absolute atomic E-state index is 0.0476. The Morgan fingerprint density at radius 3 is 2.67 bits per heavy atom. The van der Waals surface area contributed by atoms with Crippen LogP contribution in [-0.2, 0) is 0 Å². The summed E-state index contributed by atoms with van der Waals surface area (Å²) in [6.07, 6.45) is 1.87. The second-order valence-corrected chi connectivity index (χ2v) is 7.42. The number of benzene rings is 2. The average Bonchev–Trinajstić information content (AvgIpc) is 3.13. The van der Waals surface area contributed by atoms with Crippen LogP contribution < -0.4 is 19.6 Å². The highest BCUT2D eigenvalue weighted by Crippen LogP contribution is 2.28. The quantitative estimate of drug-likeness (QED) is 0.544. The van der Waals surface area contributed by atoms with Gasteiger partial charge in [0.05, 0.1) is 29.3 Å². The summed E-state index contributed by atoms with van der Waals surface area (Å²) in [4.78, 5) is 18.3. The SMILES string of the molecule is CCOc1ccc(C=c2sc3nc4cc(C)c(C)cc4n3c2=O)cc1OC. The largest absolute Gasteiger partial charge is 0.493 e. The van der Waals surface area contributed by atoms with Crippen LogP contribution in [0.2, 0.25) is 0 Å². The van der Waals surface area contributed by atoms with Crippen LogP contribution in [-0.4, -0.2) is 23.1 Å². The van der Waals surface area contributed by atoms with Gasteiger partial charge in [0.1, 0.15) is 0 Å². The summed E-state index contributed by atoms with van der Waals surface area (Å²) in [5.41, 5.74) is 4.88. The first kappa shape index (κ1) is 17.5. The van der Waals surface area contributed by atoms with Gasteiger partial charge in [-0.1, -0.05) is 17.4 Å². The molecule has 0 amide bonds. The maximum atomic E-state index is 13.0.